The molecule has 0 saturated heterocycles. The number of fused-ring (bicyclic) bond motifs is 2. The van der Waals surface area contributed by atoms with Crippen molar-refractivity contribution in [2.75, 3.05) is 19.9 Å². The van der Waals surface area contributed by atoms with Crippen LogP contribution in [0.15, 0.2) is 65.3 Å². The summed E-state index contributed by atoms with van der Waals surface area (Å²) in [6.45, 7) is 2.27. The van der Waals surface area contributed by atoms with Gasteiger partial charge in [-0.05, 0) is 47.4 Å². The molecule has 3 heterocycles. The average Bonchev–Trinajstić information content (AvgIpc) is 3.54. The summed E-state index contributed by atoms with van der Waals surface area (Å²) < 4.78 is 16.3. The lowest BCUT2D eigenvalue weighted by Crippen LogP contribution is -2.45. The first-order valence-electron chi connectivity index (χ1n) is 11.0. The molecule has 2 aliphatic rings. The number of benzene rings is 2. The number of nitrogens with one attached hydrogen (secondary N) is 2. The Morgan fingerprint density at radius 3 is 2.61 bits per heavy atom. The number of ether oxygens (including phenoxy) is 2. The summed E-state index contributed by atoms with van der Waals surface area (Å²) in [4.78, 5) is 27.1. The molecule has 2 aromatic carbocycles. The molecular weight excluding hydrogens is 422 g/mol. The highest BCUT2D eigenvalue weighted by molar-refractivity contribution is 6.35. The monoisotopic (exact) mass is 447 g/mol. The van der Waals surface area contributed by atoms with Crippen molar-refractivity contribution in [2.24, 2.45) is 0 Å². The third-order valence-corrected chi connectivity index (χ3v) is 6.02. The Kier molecular flexibility index (Phi) is 5.99. The van der Waals surface area contributed by atoms with Gasteiger partial charge >= 0.3 is 11.8 Å². The van der Waals surface area contributed by atoms with E-state index in [0.717, 1.165) is 30.8 Å². The first-order valence-corrected chi connectivity index (χ1v) is 11.0. The second-order valence-corrected chi connectivity index (χ2v) is 8.10. The standard InChI is InChI=1S/C25H25N3O5/c29-24(26-13-17-7-8-22-23(12-17)33-16-32-22)25(30)27-14-20(21-6-3-11-31-21)28-10-9-18-4-1-2-5-19(18)15-28/h1-8,11-12,20H,9-10,13-16H2,(H,26,29)(H,27,30)/t20-/m0/s1. The lowest BCUT2D eigenvalue weighted by Gasteiger charge is -2.34. The predicted octanol–water partition coefficient (Wildman–Crippen LogP) is 2.54. The maximum absolute atomic E-state index is 12.5. The van der Waals surface area contributed by atoms with Gasteiger partial charge in [-0.3, -0.25) is 14.5 Å². The van der Waals surface area contributed by atoms with Crippen molar-refractivity contribution in [3.63, 3.8) is 0 Å². The number of hydrogen-bond acceptors (Lipinski definition) is 6. The van der Waals surface area contributed by atoms with Gasteiger partial charge in [0.25, 0.3) is 0 Å². The Balaban J connectivity index is 1.18. The highest BCUT2D eigenvalue weighted by atomic mass is 16.7. The van der Waals surface area contributed by atoms with E-state index in [-0.39, 0.29) is 25.9 Å². The third kappa shape index (κ3) is 4.70. The van der Waals surface area contributed by atoms with Gasteiger partial charge in [0.05, 0.1) is 12.3 Å². The highest BCUT2D eigenvalue weighted by Crippen LogP contribution is 2.32. The van der Waals surface area contributed by atoms with Gasteiger partial charge in [-0.15, -0.1) is 0 Å². The van der Waals surface area contributed by atoms with Gasteiger partial charge in [-0.1, -0.05) is 30.3 Å². The van der Waals surface area contributed by atoms with Gasteiger partial charge < -0.3 is 24.5 Å². The Morgan fingerprint density at radius 1 is 0.939 bits per heavy atom. The molecule has 2 aliphatic heterocycles. The molecule has 0 bridgehead atoms. The van der Waals surface area contributed by atoms with Gasteiger partial charge in [-0.25, -0.2) is 0 Å². The molecule has 170 valence electrons. The molecule has 5 rings (SSSR count). The minimum Gasteiger partial charge on any atom is -0.468 e. The van der Waals surface area contributed by atoms with Gasteiger partial charge in [-0.2, -0.15) is 0 Å². The van der Waals surface area contributed by atoms with Crippen LogP contribution < -0.4 is 20.1 Å². The number of rotatable bonds is 6. The molecule has 0 saturated carbocycles. The summed E-state index contributed by atoms with van der Waals surface area (Å²) in [5.41, 5.74) is 3.44. The predicted molar refractivity (Wildman–Crippen MR) is 119 cm³/mol. The first-order chi connectivity index (χ1) is 16.2. The Hall–Kier alpha value is -3.78. The maximum atomic E-state index is 12.5. The molecule has 2 N–H and O–H groups in total. The van der Waals surface area contributed by atoms with Crippen LogP contribution in [0.3, 0.4) is 0 Å². The van der Waals surface area contributed by atoms with E-state index in [2.05, 4.69) is 33.7 Å². The van der Waals surface area contributed by atoms with Gasteiger partial charge in [0.2, 0.25) is 6.79 Å². The van der Waals surface area contributed by atoms with E-state index in [9.17, 15) is 9.59 Å². The summed E-state index contributed by atoms with van der Waals surface area (Å²) in [6, 6.07) is 17.3. The molecule has 1 atom stereocenters. The third-order valence-electron chi connectivity index (χ3n) is 6.02. The SMILES string of the molecule is O=C(NCc1ccc2c(c1)OCO2)C(=O)NC[C@@H](c1ccco1)N1CCc2ccccc2C1. The van der Waals surface area contributed by atoms with Crippen molar-refractivity contribution < 1.29 is 23.5 Å². The Morgan fingerprint density at radius 2 is 1.76 bits per heavy atom. The van der Waals surface area contributed by atoms with E-state index in [1.165, 1.54) is 11.1 Å². The van der Waals surface area contributed by atoms with Crippen LogP contribution >= 0.6 is 0 Å². The molecular formula is C25H25N3O5. The summed E-state index contributed by atoms with van der Waals surface area (Å²) in [6.07, 6.45) is 2.55. The molecule has 3 aromatic rings. The zero-order chi connectivity index (χ0) is 22.6. The van der Waals surface area contributed by atoms with Crippen LogP contribution in [0.4, 0.5) is 0 Å². The van der Waals surface area contributed by atoms with Crippen LogP contribution in [0.1, 0.15) is 28.5 Å². The smallest absolute Gasteiger partial charge is 0.309 e. The van der Waals surface area contributed by atoms with Crippen molar-refractivity contribution in [1.29, 1.82) is 0 Å². The fourth-order valence-electron chi connectivity index (χ4n) is 4.26. The summed E-state index contributed by atoms with van der Waals surface area (Å²) in [5, 5.41) is 5.43. The number of hydrogen-bond donors (Lipinski definition) is 2. The molecule has 0 fully saturated rings. The van der Waals surface area contributed by atoms with E-state index in [1.54, 1.807) is 18.4 Å². The molecule has 8 nitrogen and oxygen atoms in total. The summed E-state index contributed by atoms with van der Waals surface area (Å²) in [5.74, 6) is 0.706. The quantitative estimate of drug-likeness (QED) is 0.564. The maximum Gasteiger partial charge on any atom is 0.309 e. The van der Waals surface area contributed by atoms with Crippen LogP contribution in [-0.2, 0) is 29.1 Å². The molecule has 0 unspecified atom stereocenters. The summed E-state index contributed by atoms with van der Waals surface area (Å²) in [7, 11) is 0. The zero-order valence-corrected chi connectivity index (χ0v) is 18.1. The summed E-state index contributed by atoms with van der Waals surface area (Å²) >= 11 is 0. The van der Waals surface area contributed by atoms with Crippen molar-refractivity contribution in [2.45, 2.75) is 25.6 Å². The second-order valence-electron chi connectivity index (χ2n) is 8.10. The fraction of sp³-hybridized carbons (Fsp3) is 0.280. The van der Waals surface area contributed by atoms with Crippen LogP contribution in [-0.4, -0.2) is 36.6 Å². The highest BCUT2D eigenvalue weighted by Gasteiger charge is 2.28. The first kappa shape index (κ1) is 21.1. The molecule has 2 amide bonds. The van der Waals surface area contributed by atoms with Crippen molar-refractivity contribution in [3.8, 4) is 11.5 Å². The number of amides is 2. The van der Waals surface area contributed by atoms with Crippen molar-refractivity contribution in [1.82, 2.24) is 15.5 Å². The number of furan rings is 1. The van der Waals surface area contributed by atoms with Crippen LogP contribution in [0.25, 0.3) is 0 Å². The Labute approximate surface area is 191 Å². The lowest BCUT2D eigenvalue weighted by molar-refractivity contribution is -0.139. The molecule has 1 aromatic heterocycles. The minimum absolute atomic E-state index is 0.168. The minimum atomic E-state index is -0.685. The topological polar surface area (TPSA) is 93.0 Å². The molecule has 8 heteroatoms. The van der Waals surface area contributed by atoms with E-state index in [0.29, 0.717) is 11.5 Å². The van der Waals surface area contributed by atoms with Gasteiger partial charge in [0, 0.05) is 26.2 Å². The number of carbonyl (C=O) groups is 2. The molecule has 0 aliphatic carbocycles. The van der Waals surface area contributed by atoms with Gasteiger partial charge in [0.1, 0.15) is 5.76 Å². The van der Waals surface area contributed by atoms with E-state index in [1.807, 2.05) is 24.3 Å². The van der Waals surface area contributed by atoms with Crippen molar-refractivity contribution in [3.05, 3.63) is 83.3 Å². The van der Waals surface area contributed by atoms with Crippen molar-refractivity contribution >= 4 is 11.8 Å². The zero-order valence-electron chi connectivity index (χ0n) is 18.1. The van der Waals surface area contributed by atoms with Crippen LogP contribution in [0.5, 0.6) is 11.5 Å². The normalized spacial score (nSPS) is 15.5. The van der Waals surface area contributed by atoms with Crippen LogP contribution in [0.2, 0.25) is 0 Å². The Bertz CT molecular complexity index is 1140. The number of nitrogens with zero attached hydrogens (tertiary/aromatic N) is 1. The van der Waals surface area contributed by atoms with Crippen LogP contribution in [0, 0.1) is 0 Å². The molecule has 33 heavy (non-hydrogen) atoms. The lowest BCUT2D eigenvalue weighted by atomic mass is 9.98. The molecule has 0 radical (unpaired) electrons. The van der Waals surface area contributed by atoms with E-state index < -0.39 is 11.8 Å². The fourth-order valence-corrected chi connectivity index (χ4v) is 4.26. The second kappa shape index (κ2) is 9.38. The largest absolute Gasteiger partial charge is 0.468 e. The molecule has 0 spiro atoms. The average molecular weight is 447 g/mol. The van der Waals surface area contributed by atoms with E-state index in [4.69, 9.17) is 13.9 Å². The van der Waals surface area contributed by atoms with Gasteiger partial charge in [0.15, 0.2) is 11.5 Å². The number of carbonyl (C=O) groups excluding carboxylic acids is 2. The van der Waals surface area contributed by atoms with E-state index >= 15 is 0 Å².